The highest BCUT2D eigenvalue weighted by Crippen LogP contribution is 2.17. The molecule has 0 aromatic rings. The second-order valence-corrected chi connectivity index (χ2v) is 6.86. The van der Waals surface area contributed by atoms with Gasteiger partial charge in [0, 0.05) is 25.6 Å². The van der Waals surface area contributed by atoms with Crippen LogP contribution in [-0.4, -0.2) is 75.6 Å². The van der Waals surface area contributed by atoms with Gasteiger partial charge in [-0.2, -0.15) is 0 Å². The number of likely N-dealkylation sites (N-methyl/N-ethyl adjacent to an activating group) is 1. The highest BCUT2D eigenvalue weighted by atomic mass is 35.5. The lowest BCUT2D eigenvalue weighted by Crippen LogP contribution is -2.43. The number of carbonyl (C=O) groups is 1. The summed E-state index contributed by atoms with van der Waals surface area (Å²) in [5.41, 5.74) is 0. The fraction of sp³-hybridized carbons (Fsp3) is 0.938. The van der Waals surface area contributed by atoms with Gasteiger partial charge in [-0.15, -0.1) is 24.8 Å². The molecule has 1 amide bonds. The maximum atomic E-state index is 12.1. The number of hydrogen-bond acceptors (Lipinski definition) is 4. The zero-order chi connectivity index (χ0) is 15.1. The van der Waals surface area contributed by atoms with Crippen LogP contribution in [0.3, 0.4) is 0 Å². The van der Waals surface area contributed by atoms with Gasteiger partial charge in [0.05, 0.1) is 0 Å². The van der Waals surface area contributed by atoms with Crippen molar-refractivity contribution in [3.05, 3.63) is 0 Å². The van der Waals surface area contributed by atoms with Gasteiger partial charge in [-0.1, -0.05) is 0 Å². The fourth-order valence-corrected chi connectivity index (χ4v) is 3.23. The van der Waals surface area contributed by atoms with Crippen molar-refractivity contribution in [1.82, 2.24) is 20.4 Å². The second-order valence-electron chi connectivity index (χ2n) is 6.86. The number of nitrogens with one attached hydrogen (secondary N) is 2. The molecule has 2 heterocycles. The lowest BCUT2D eigenvalue weighted by molar-refractivity contribution is -0.126. The molecule has 0 aliphatic carbocycles. The first-order chi connectivity index (χ1) is 10.1. The molecular formula is C16H34Cl2N4O. The van der Waals surface area contributed by atoms with Gasteiger partial charge in [0.25, 0.3) is 0 Å². The van der Waals surface area contributed by atoms with Crippen LogP contribution in [0, 0.1) is 11.8 Å². The first-order valence-corrected chi connectivity index (χ1v) is 8.50. The molecule has 0 radical (unpaired) electrons. The maximum absolute atomic E-state index is 12.1. The molecule has 0 spiro atoms. The van der Waals surface area contributed by atoms with Crippen LogP contribution < -0.4 is 10.6 Å². The third-order valence-electron chi connectivity index (χ3n) is 4.85. The van der Waals surface area contributed by atoms with Crippen LogP contribution in [-0.2, 0) is 4.79 Å². The number of amides is 1. The van der Waals surface area contributed by atoms with E-state index < -0.39 is 0 Å². The number of piperidine rings is 2. The summed E-state index contributed by atoms with van der Waals surface area (Å²) in [5, 5.41) is 6.50. The molecular weight excluding hydrogens is 335 g/mol. The third-order valence-corrected chi connectivity index (χ3v) is 4.85. The molecule has 2 aliphatic heterocycles. The minimum Gasteiger partial charge on any atom is -0.356 e. The van der Waals surface area contributed by atoms with Gasteiger partial charge < -0.3 is 20.4 Å². The number of carbonyl (C=O) groups excluding carboxylic acids is 1. The van der Waals surface area contributed by atoms with Gasteiger partial charge in [0.2, 0.25) is 5.91 Å². The predicted octanol–water partition coefficient (Wildman–Crippen LogP) is 1.22. The van der Waals surface area contributed by atoms with Crippen LogP contribution in [0.15, 0.2) is 0 Å². The van der Waals surface area contributed by atoms with Gasteiger partial charge in [0.15, 0.2) is 0 Å². The van der Waals surface area contributed by atoms with Crippen molar-refractivity contribution in [2.75, 3.05) is 59.9 Å². The van der Waals surface area contributed by atoms with Crippen molar-refractivity contribution in [2.24, 2.45) is 11.8 Å². The van der Waals surface area contributed by atoms with Crippen molar-refractivity contribution in [1.29, 1.82) is 0 Å². The normalized spacial score (nSPS) is 20.7. The van der Waals surface area contributed by atoms with Crippen molar-refractivity contribution < 1.29 is 4.79 Å². The summed E-state index contributed by atoms with van der Waals surface area (Å²) in [7, 11) is 4.26. The first-order valence-electron chi connectivity index (χ1n) is 8.50. The smallest absolute Gasteiger partial charge is 0.223 e. The van der Waals surface area contributed by atoms with Crippen LogP contribution in [0.4, 0.5) is 0 Å². The van der Waals surface area contributed by atoms with E-state index in [1.165, 1.54) is 32.5 Å². The zero-order valence-corrected chi connectivity index (χ0v) is 16.2. The van der Waals surface area contributed by atoms with Gasteiger partial charge in [-0.3, -0.25) is 4.79 Å². The van der Waals surface area contributed by atoms with Gasteiger partial charge in [-0.25, -0.2) is 0 Å². The summed E-state index contributed by atoms with van der Waals surface area (Å²) >= 11 is 0. The monoisotopic (exact) mass is 368 g/mol. The average Bonchev–Trinajstić information content (AvgIpc) is 2.52. The number of likely N-dealkylation sites (tertiary alicyclic amines) is 1. The summed E-state index contributed by atoms with van der Waals surface area (Å²) in [5.74, 6) is 1.20. The SMILES string of the molecule is CN(C)CCN1CCC(CNC(=O)C2CCNCC2)CC1.Cl.Cl. The third kappa shape index (κ3) is 8.54. The standard InChI is InChI=1S/C16H32N4O.2ClH/c1-19(2)11-12-20-9-5-14(6-10-20)13-18-16(21)15-3-7-17-8-4-15;;/h14-15,17H,3-13H2,1-2H3,(H,18,21);2*1H. The van der Waals surface area contributed by atoms with E-state index in [9.17, 15) is 4.79 Å². The Kier molecular flexibility index (Phi) is 12.3. The molecule has 2 rings (SSSR count). The van der Waals surface area contributed by atoms with Crippen molar-refractivity contribution in [2.45, 2.75) is 25.7 Å². The van der Waals surface area contributed by atoms with Crippen molar-refractivity contribution >= 4 is 30.7 Å². The summed E-state index contributed by atoms with van der Waals surface area (Å²) in [6.07, 6.45) is 4.43. The Hall–Kier alpha value is -0.0700. The molecule has 2 aliphatic rings. The van der Waals surface area contributed by atoms with E-state index in [1.807, 2.05) is 0 Å². The number of nitrogens with zero attached hydrogens (tertiary/aromatic N) is 2. The molecule has 5 nitrogen and oxygen atoms in total. The molecule has 2 fully saturated rings. The van der Waals surface area contributed by atoms with Crippen LogP contribution in [0.1, 0.15) is 25.7 Å². The highest BCUT2D eigenvalue weighted by molar-refractivity contribution is 5.85. The molecule has 2 saturated heterocycles. The predicted molar refractivity (Wildman–Crippen MR) is 101 cm³/mol. The minimum absolute atomic E-state index is 0. The number of halogens is 2. The first kappa shape index (κ1) is 22.9. The Morgan fingerprint density at radius 3 is 2.30 bits per heavy atom. The molecule has 138 valence electrons. The Balaban J connectivity index is 0.00000242. The molecule has 0 aromatic carbocycles. The zero-order valence-electron chi connectivity index (χ0n) is 14.6. The van der Waals surface area contributed by atoms with Gasteiger partial charge >= 0.3 is 0 Å². The number of hydrogen-bond donors (Lipinski definition) is 2. The van der Waals surface area contributed by atoms with Crippen LogP contribution in [0.25, 0.3) is 0 Å². The minimum atomic E-state index is 0. The number of rotatable bonds is 6. The molecule has 2 N–H and O–H groups in total. The van der Waals surface area contributed by atoms with E-state index in [0.29, 0.717) is 5.92 Å². The molecule has 23 heavy (non-hydrogen) atoms. The topological polar surface area (TPSA) is 47.6 Å². The van der Waals surface area contributed by atoms with E-state index >= 15 is 0 Å². The van der Waals surface area contributed by atoms with Gasteiger partial charge in [0.1, 0.15) is 0 Å². The maximum Gasteiger partial charge on any atom is 0.223 e. The summed E-state index contributed by atoms with van der Waals surface area (Å²) in [6, 6.07) is 0. The molecule has 0 bridgehead atoms. The van der Waals surface area contributed by atoms with Crippen molar-refractivity contribution in [3.8, 4) is 0 Å². The van der Waals surface area contributed by atoms with E-state index in [2.05, 4.69) is 34.5 Å². The molecule has 7 heteroatoms. The lowest BCUT2D eigenvalue weighted by atomic mass is 9.94. The summed E-state index contributed by atoms with van der Waals surface area (Å²) in [6.45, 7) is 7.52. The molecule has 0 atom stereocenters. The Bertz CT molecular complexity index is 317. The molecule has 0 saturated carbocycles. The molecule has 0 aromatic heterocycles. The van der Waals surface area contributed by atoms with Crippen LogP contribution >= 0.6 is 24.8 Å². The van der Waals surface area contributed by atoms with E-state index in [4.69, 9.17) is 0 Å². The van der Waals surface area contributed by atoms with E-state index in [-0.39, 0.29) is 36.6 Å². The summed E-state index contributed by atoms with van der Waals surface area (Å²) in [4.78, 5) is 16.9. The Morgan fingerprint density at radius 2 is 1.74 bits per heavy atom. The summed E-state index contributed by atoms with van der Waals surface area (Å²) < 4.78 is 0. The van der Waals surface area contributed by atoms with E-state index in [0.717, 1.165) is 39.0 Å². The fourth-order valence-electron chi connectivity index (χ4n) is 3.23. The van der Waals surface area contributed by atoms with E-state index in [1.54, 1.807) is 0 Å². The van der Waals surface area contributed by atoms with Crippen LogP contribution in [0.5, 0.6) is 0 Å². The average molecular weight is 369 g/mol. The van der Waals surface area contributed by atoms with Crippen LogP contribution in [0.2, 0.25) is 0 Å². The van der Waals surface area contributed by atoms with Crippen molar-refractivity contribution in [3.63, 3.8) is 0 Å². The molecule has 0 unspecified atom stereocenters. The Morgan fingerprint density at radius 1 is 1.13 bits per heavy atom. The van der Waals surface area contributed by atoms with Gasteiger partial charge in [-0.05, 0) is 71.9 Å². The largest absolute Gasteiger partial charge is 0.356 e. The quantitative estimate of drug-likeness (QED) is 0.739. The highest BCUT2D eigenvalue weighted by Gasteiger charge is 2.23. The Labute approximate surface area is 153 Å². The second kappa shape index (κ2) is 12.3. The lowest BCUT2D eigenvalue weighted by Gasteiger charge is -2.33.